The molecule has 2 bridgehead atoms. The van der Waals surface area contributed by atoms with Crippen molar-refractivity contribution in [2.24, 2.45) is 0 Å². The molecule has 9 nitrogen and oxygen atoms in total. The molecule has 258 valence electrons. The van der Waals surface area contributed by atoms with E-state index in [1.165, 1.54) is 10.8 Å². The highest BCUT2D eigenvalue weighted by atomic mass is 28.4. The van der Waals surface area contributed by atoms with Crippen molar-refractivity contribution in [2.75, 3.05) is 13.2 Å². The van der Waals surface area contributed by atoms with E-state index in [4.69, 9.17) is 9.16 Å². The van der Waals surface area contributed by atoms with Crippen LogP contribution in [0.1, 0.15) is 78.6 Å². The molecular weight excluding hydrogens is 643 g/mol. The Morgan fingerprint density at radius 1 is 1.10 bits per heavy atom. The van der Waals surface area contributed by atoms with Crippen LogP contribution in [0.2, 0.25) is 18.1 Å². The van der Waals surface area contributed by atoms with Gasteiger partial charge in [-0.3, -0.25) is 14.4 Å². The molecule has 5 rings (SSSR count). The summed E-state index contributed by atoms with van der Waals surface area (Å²) in [7, 11) is -2.20. The summed E-state index contributed by atoms with van der Waals surface area (Å²) in [6.45, 7) is 11.8. The summed E-state index contributed by atoms with van der Waals surface area (Å²) in [6, 6.07) is 8.75. The van der Waals surface area contributed by atoms with Crippen LogP contribution in [0.25, 0.3) is 0 Å². The van der Waals surface area contributed by atoms with Gasteiger partial charge in [0.15, 0.2) is 19.8 Å². The van der Waals surface area contributed by atoms with Gasteiger partial charge in [0.05, 0.1) is 24.3 Å². The van der Waals surface area contributed by atoms with Crippen LogP contribution in [0.5, 0.6) is 5.75 Å². The van der Waals surface area contributed by atoms with E-state index in [1.54, 1.807) is 36.1 Å². The van der Waals surface area contributed by atoms with E-state index in [1.807, 2.05) is 6.07 Å². The number of ether oxygens (including phenoxy) is 1. The molecule has 2 aliphatic rings. The molecule has 3 heterocycles. The van der Waals surface area contributed by atoms with E-state index in [2.05, 4.69) is 39.2 Å². The molecule has 2 aromatic carbocycles. The topological polar surface area (TPSA) is 110 Å². The Morgan fingerprint density at radius 3 is 2.38 bits per heavy atom. The van der Waals surface area contributed by atoms with Crippen molar-refractivity contribution >= 4 is 20.1 Å². The van der Waals surface area contributed by atoms with E-state index in [-0.39, 0.29) is 36.2 Å². The van der Waals surface area contributed by atoms with Crippen molar-refractivity contribution in [3.63, 3.8) is 0 Å². The Hall–Kier alpha value is -3.94. The minimum absolute atomic E-state index is 0.0682. The van der Waals surface area contributed by atoms with E-state index in [0.717, 1.165) is 0 Å². The maximum atomic E-state index is 14.3. The maximum absolute atomic E-state index is 14.3. The Morgan fingerprint density at radius 2 is 1.75 bits per heavy atom. The predicted molar refractivity (Wildman–Crippen MR) is 176 cm³/mol. The number of hydrogen-bond acceptors (Lipinski definition) is 6. The maximum Gasteiger partial charge on any atom is 0.274 e. The van der Waals surface area contributed by atoms with Gasteiger partial charge in [-0.05, 0) is 43.5 Å². The molecule has 0 unspecified atom stereocenters. The second-order valence-electron chi connectivity index (χ2n) is 14.4. The number of fused-ring (bicyclic) bond motifs is 4. The quantitative estimate of drug-likeness (QED) is 0.280. The molecule has 0 spiro atoms. The lowest BCUT2D eigenvalue weighted by Crippen LogP contribution is -2.54. The van der Waals surface area contributed by atoms with Crippen molar-refractivity contribution in [3.8, 4) is 5.75 Å². The number of nitrogens with one attached hydrogen (secondary N) is 1. The van der Waals surface area contributed by atoms with Gasteiger partial charge in [0.2, 0.25) is 5.43 Å². The summed E-state index contributed by atoms with van der Waals surface area (Å²) in [5.74, 6) is -5.39. The monoisotopic (exact) mass is 685 g/mol. The fraction of sp³-hybridized carbons (Fsp3) is 0.457. The standard InChI is InChI=1S/C35H42F3N3O6Si/c1-34(2,3)48(5,6)47-20-23-12-13-35(4,45)28-18-40(23)33(44)29-31(46-19-21-10-8-7-9-11-21)30(42)25(17-41(28)29)32(43)39-16-24-26(37)14-22(36)15-27(24)38/h7-11,14-15,17,23,28,45H,12-13,16,18-20H2,1-6H3,(H,39,43)/t23-,28-,35+/m1/s1. The average Bonchev–Trinajstić information content (AvgIpc) is 3.11. The lowest BCUT2D eigenvalue weighted by atomic mass is 9.90. The first-order valence-electron chi connectivity index (χ1n) is 16.0. The second kappa shape index (κ2) is 13.2. The summed E-state index contributed by atoms with van der Waals surface area (Å²) in [6.07, 6.45) is 1.93. The number of carbonyl (C=O) groups excluding carboxylic acids is 2. The molecule has 0 radical (unpaired) electrons. The zero-order valence-electron chi connectivity index (χ0n) is 28.0. The van der Waals surface area contributed by atoms with Gasteiger partial charge in [-0.2, -0.15) is 0 Å². The van der Waals surface area contributed by atoms with Crippen LogP contribution in [-0.2, 0) is 17.6 Å². The lowest BCUT2D eigenvalue weighted by Gasteiger charge is -2.43. The smallest absolute Gasteiger partial charge is 0.274 e. The van der Waals surface area contributed by atoms with Crippen LogP contribution in [0.3, 0.4) is 0 Å². The minimum atomic E-state index is -2.20. The van der Waals surface area contributed by atoms with Crippen LogP contribution >= 0.6 is 0 Å². The summed E-state index contributed by atoms with van der Waals surface area (Å²) >= 11 is 0. The number of aliphatic hydroxyl groups is 1. The first-order chi connectivity index (χ1) is 22.4. The summed E-state index contributed by atoms with van der Waals surface area (Å²) < 4.78 is 56.0. The Kier molecular flexibility index (Phi) is 9.70. The largest absolute Gasteiger partial charge is 0.483 e. The van der Waals surface area contributed by atoms with E-state index in [9.17, 15) is 32.7 Å². The Bertz CT molecular complexity index is 1750. The fourth-order valence-electron chi connectivity index (χ4n) is 5.87. The molecule has 2 amide bonds. The average molecular weight is 686 g/mol. The van der Waals surface area contributed by atoms with Gasteiger partial charge in [-0.15, -0.1) is 0 Å². The molecule has 1 fully saturated rings. The molecule has 0 aliphatic carbocycles. The van der Waals surface area contributed by atoms with Gasteiger partial charge in [0.25, 0.3) is 11.8 Å². The zero-order chi connectivity index (χ0) is 35.2. The minimum Gasteiger partial charge on any atom is -0.483 e. The Labute approximate surface area is 278 Å². The number of amides is 2. The van der Waals surface area contributed by atoms with Gasteiger partial charge >= 0.3 is 0 Å². The molecule has 13 heteroatoms. The number of halogens is 3. The second-order valence-corrected chi connectivity index (χ2v) is 19.2. The highest BCUT2D eigenvalue weighted by Gasteiger charge is 2.49. The Balaban J connectivity index is 1.56. The molecular formula is C35H42F3N3O6Si. The normalized spacial score (nSPS) is 21.0. The van der Waals surface area contributed by atoms with Crippen molar-refractivity contribution < 1.29 is 37.0 Å². The number of pyridine rings is 1. The molecule has 1 saturated heterocycles. The number of aromatic nitrogens is 1. The van der Waals surface area contributed by atoms with E-state index in [0.29, 0.717) is 30.5 Å². The first-order valence-corrected chi connectivity index (χ1v) is 18.9. The van der Waals surface area contributed by atoms with Crippen molar-refractivity contribution in [3.05, 3.63) is 98.7 Å². The van der Waals surface area contributed by atoms with Gasteiger partial charge < -0.3 is 29.1 Å². The van der Waals surface area contributed by atoms with Gasteiger partial charge in [-0.25, -0.2) is 13.2 Å². The van der Waals surface area contributed by atoms with E-state index >= 15 is 0 Å². The summed E-state index contributed by atoms with van der Waals surface area (Å²) in [5.41, 5.74) is -2.74. The van der Waals surface area contributed by atoms with Gasteiger partial charge in [0.1, 0.15) is 29.6 Å². The predicted octanol–water partition coefficient (Wildman–Crippen LogP) is 5.71. The van der Waals surface area contributed by atoms with Gasteiger partial charge in [-0.1, -0.05) is 51.1 Å². The van der Waals surface area contributed by atoms with E-state index < -0.39 is 78.4 Å². The highest BCUT2D eigenvalue weighted by Crippen LogP contribution is 2.42. The van der Waals surface area contributed by atoms with Crippen LogP contribution in [0.15, 0.2) is 53.5 Å². The van der Waals surface area contributed by atoms with Gasteiger partial charge in [0, 0.05) is 37.0 Å². The first kappa shape index (κ1) is 35.4. The number of nitrogens with zero attached hydrogens (tertiary/aromatic N) is 2. The summed E-state index contributed by atoms with van der Waals surface area (Å²) in [5, 5.41) is 14.0. The van der Waals surface area contributed by atoms with Crippen LogP contribution in [-0.4, -0.2) is 59.5 Å². The van der Waals surface area contributed by atoms with Crippen molar-refractivity contribution in [1.29, 1.82) is 0 Å². The summed E-state index contributed by atoms with van der Waals surface area (Å²) in [4.78, 5) is 43.4. The number of rotatable bonds is 9. The van der Waals surface area contributed by atoms with Crippen molar-refractivity contribution in [2.45, 2.75) is 89.5 Å². The third-order valence-electron chi connectivity index (χ3n) is 9.95. The SMILES string of the molecule is CC(C)(C)[Si](C)(C)OC[C@H]1CC[C@](C)(O)[C@H]2CN1C(=O)c1c(OCc3ccccc3)c(=O)c(C(=O)NCc3c(F)cc(F)cc3F)cn12. The lowest BCUT2D eigenvalue weighted by molar-refractivity contribution is -0.00904. The highest BCUT2D eigenvalue weighted by molar-refractivity contribution is 6.74. The molecule has 2 N–H and O–H groups in total. The van der Waals surface area contributed by atoms with Crippen molar-refractivity contribution in [1.82, 2.24) is 14.8 Å². The molecule has 3 atom stereocenters. The molecule has 0 saturated carbocycles. The van der Waals surface area contributed by atoms with Crippen LogP contribution < -0.4 is 15.5 Å². The zero-order valence-corrected chi connectivity index (χ0v) is 29.0. The third kappa shape index (κ3) is 6.94. The third-order valence-corrected chi connectivity index (χ3v) is 14.4. The number of benzene rings is 2. The molecule has 3 aromatic rings. The molecule has 48 heavy (non-hydrogen) atoms. The number of carbonyl (C=O) groups is 2. The molecule has 1 aromatic heterocycles. The van der Waals surface area contributed by atoms with Crippen LogP contribution in [0.4, 0.5) is 13.2 Å². The number of hydrogen-bond donors (Lipinski definition) is 2. The molecule has 2 aliphatic heterocycles. The fourth-order valence-corrected chi connectivity index (χ4v) is 6.92. The van der Waals surface area contributed by atoms with Crippen LogP contribution in [0, 0.1) is 17.5 Å².